The number of para-hydroxylation sites is 1. The van der Waals surface area contributed by atoms with Crippen molar-refractivity contribution in [2.45, 2.75) is 54.6 Å². The largest absolute Gasteiger partial charge is 0.381 e. The Morgan fingerprint density at radius 2 is 2.00 bits per heavy atom. The van der Waals surface area contributed by atoms with Crippen LogP contribution in [-0.4, -0.2) is 35.4 Å². The second-order valence-electron chi connectivity index (χ2n) is 5.60. The van der Waals surface area contributed by atoms with E-state index >= 15 is 0 Å². The number of rotatable bonds is 6. The van der Waals surface area contributed by atoms with E-state index in [-0.39, 0.29) is 21.9 Å². The molecule has 1 aromatic carbocycles. The maximum absolute atomic E-state index is 12.8. The van der Waals surface area contributed by atoms with Crippen LogP contribution < -0.4 is 5.32 Å². The van der Waals surface area contributed by atoms with Crippen LogP contribution in [0.5, 0.6) is 0 Å². The third kappa shape index (κ3) is 4.29. The molecule has 0 saturated heterocycles. The van der Waals surface area contributed by atoms with Crippen molar-refractivity contribution in [2.24, 2.45) is 0 Å². The Kier molecular flexibility index (Phi) is 6.13. The summed E-state index contributed by atoms with van der Waals surface area (Å²) in [5.41, 5.74) is 0.195. The topological polar surface area (TPSA) is 63.2 Å². The van der Waals surface area contributed by atoms with Crippen LogP contribution in [-0.2, 0) is 20.6 Å². The van der Waals surface area contributed by atoms with Gasteiger partial charge >= 0.3 is 5.76 Å². The minimum Gasteiger partial charge on any atom is -0.381 e. The van der Waals surface area contributed by atoms with Crippen LogP contribution in [0.3, 0.4) is 0 Å². The van der Waals surface area contributed by atoms with E-state index in [4.69, 9.17) is 0 Å². The van der Waals surface area contributed by atoms with Gasteiger partial charge in [-0.05, 0) is 31.4 Å². The van der Waals surface area contributed by atoms with Crippen molar-refractivity contribution in [1.82, 2.24) is 0 Å². The quantitative estimate of drug-likeness (QED) is 0.841. The molecule has 2 rings (SSSR count). The number of halogens is 2. The van der Waals surface area contributed by atoms with Gasteiger partial charge in [-0.1, -0.05) is 25.5 Å². The standard InChI is InChI=1S/C15H21F2NO3S2/c1-2-22(19)12-7-5-6-11(10-12)18-13-8-3-4-9-14(13)23(20,21)15(16)17/h3-4,8-9,11-12,15,18H,2,5-7,10H2,1H3. The van der Waals surface area contributed by atoms with Crippen molar-refractivity contribution in [1.29, 1.82) is 0 Å². The van der Waals surface area contributed by atoms with Crippen molar-refractivity contribution < 1.29 is 21.4 Å². The maximum atomic E-state index is 12.8. The molecular formula is C15H21F2NO3S2. The van der Waals surface area contributed by atoms with E-state index in [9.17, 15) is 21.4 Å². The minimum atomic E-state index is -4.65. The lowest BCUT2D eigenvalue weighted by Crippen LogP contribution is -2.33. The molecule has 1 saturated carbocycles. The Balaban J connectivity index is 2.19. The first-order valence-corrected chi connectivity index (χ1v) is 10.5. The molecule has 23 heavy (non-hydrogen) atoms. The van der Waals surface area contributed by atoms with E-state index in [1.54, 1.807) is 6.07 Å². The van der Waals surface area contributed by atoms with Crippen molar-refractivity contribution in [3.05, 3.63) is 24.3 Å². The number of alkyl halides is 2. The molecule has 8 heteroatoms. The minimum absolute atomic E-state index is 0.0572. The molecule has 3 atom stereocenters. The molecule has 4 nitrogen and oxygen atoms in total. The highest BCUT2D eigenvalue weighted by Crippen LogP contribution is 2.30. The normalized spacial score (nSPS) is 23.7. The lowest BCUT2D eigenvalue weighted by atomic mass is 9.95. The van der Waals surface area contributed by atoms with Gasteiger partial charge < -0.3 is 5.32 Å². The highest BCUT2D eigenvalue weighted by Gasteiger charge is 2.31. The fourth-order valence-corrected chi connectivity index (χ4v) is 5.14. The molecule has 0 radical (unpaired) electrons. The van der Waals surface area contributed by atoms with Crippen LogP contribution in [0.15, 0.2) is 29.2 Å². The first-order valence-electron chi connectivity index (χ1n) is 7.61. The summed E-state index contributed by atoms with van der Waals surface area (Å²) in [4.78, 5) is -0.381. The third-order valence-corrected chi connectivity index (χ3v) is 7.25. The predicted octanol–water partition coefficient (Wildman–Crippen LogP) is 3.17. The molecule has 1 fully saturated rings. The van der Waals surface area contributed by atoms with E-state index in [2.05, 4.69) is 5.32 Å². The molecule has 0 bridgehead atoms. The van der Waals surface area contributed by atoms with E-state index in [0.29, 0.717) is 12.2 Å². The summed E-state index contributed by atoms with van der Waals surface area (Å²) >= 11 is 0. The fraction of sp³-hybridized carbons (Fsp3) is 0.600. The molecule has 1 aliphatic carbocycles. The van der Waals surface area contributed by atoms with Gasteiger partial charge in [0.1, 0.15) is 0 Å². The lowest BCUT2D eigenvalue weighted by Gasteiger charge is -2.30. The first kappa shape index (κ1) is 18.3. The summed E-state index contributed by atoms with van der Waals surface area (Å²) in [7, 11) is -5.55. The van der Waals surface area contributed by atoms with Crippen LogP contribution in [0.1, 0.15) is 32.6 Å². The van der Waals surface area contributed by atoms with Crippen molar-refractivity contribution in [3.8, 4) is 0 Å². The summed E-state index contributed by atoms with van der Waals surface area (Å²) in [6, 6.07) is 5.66. The van der Waals surface area contributed by atoms with E-state index in [1.807, 2.05) is 6.92 Å². The monoisotopic (exact) mass is 365 g/mol. The SMILES string of the molecule is CCS(=O)C1CCCC(Nc2ccccc2S(=O)(=O)C(F)F)C1. The Morgan fingerprint density at radius 1 is 1.30 bits per heavy atom. The van der Waals surface area contributed by atoms with Gasteiger partial charge in [-0.25, -0.2) is 8.42 Å². The first-order chi connectivity index (χ1) is 10.9. The van der Waals surface area contributed by atoms with Gasteiger partial charge in [-0.15, -0.1) is 0 Å². The summed E-state index contributed by atoms with van der Waals surface area (Å²) in [6.45, 7) is 1.87. The number of sulfone groups is 1. The Labute approximate surface area is 138 Å². The van der Waals surface area contributed by atoms with Crippen LogP contribution in [0, 0.1) is 0 Å². The Morgan fingerprint density at radius 3 is 2.65 bits per heavy atom. The van der Waals surface area contributed by atoms with E-state index < -0.39 is 26.4 Å². The summed E-state index contributed by atoms with van der Waals surface area (Å²) < 4.78 is 61.1. The maximum Gasteiger partial charge on any atom is 0.341 e. The van der Waals surface area contributed by atoms with Crippen LogP contribution >= 0.6 is 0 Å². The smallest absolute Gasteiger partial charge is 0.341 e. The zero-order valence-electron chi connectivity index (χ0n) is 12.9. The number of hydrogen-bond donors (Lipinski definition) is 1. The molecule has 1 N–H and O–H groups in total. The van der Waals surface area contributed by atoms with Gasteiger partial charge in [-0.3, -0.25) is 4.21 Å². The Hall–Kier alpha value is -1.02. The molecule has 0 aliphatic heterocycles. The van der Waals surface area contributed by atoms with Crippen LogP contribution in [0.25, 0.3) is 0 Å². The van der Waals surface area contributed by atoms with Crippen LogP contribution in [0.4, 0.5) is 14.5 Å². The lowest BCUT2D eigenvalue weighted by molar-refractivity contribution is 0.235. The molecular weight excluding hydrogens is 344 g/mol. The zero-order chi connectivity index (χ0) is 17.0. The third-order valence-electron chi connectivity index (χ3n) is 4.07. The summed E-state index contributed by atoms with van der Waals surface area (Å²) in [5.74, 6) is -2.86. The van der Waals surface area contributed by atoms with Gasteiger partial charge in [0.25, 0.3) is 0 Å². The van der Waals surface area contributed by atoms with Gasteiger partial charge in [-0.2, -0.15) is 8.78 Å². The summed E-state index contributed by atoms with van der Waals surface area (Å²) in [6.07, 6.45) is 3.23. The molecule has 0 spiro atoms. The van der Waals surface area contributed by atoms with E-state index in [0.717, 1.165) is 19.3 Å². The average molecular weight is 365 g/mol. The highest BCUT2D eigenvalue weighted by atomic mass is 32.2. The molecule has 0 heterocycles. The predicted molar refractivity (Wildman–Crippen MR) is 88.0 cm³/mol. The highest BCUT2D eigenvalue weighted by molar-refractivity contribution is 7.91. The number of hydrogen-bond acceptors (Lipinski definition) is 4. The van der Waals surface area contributed by atoms with Crippen molar-refractivity contribution in [3.63, 3.8) is 0 Å². The molecule has 0 aromatic heterocycles. The van der Waals surface area contributed by atoms with Crippen LogP contribution in [0.2, 0.25) is 0 Å². The number of anilines is 1. The van der Waals surface area contributed by atoms with Crippen molar-refractivity contribution in [2.75, 3.05) is 11.1 Å². The summed E-state index contributed by atoms with van der Waals surface area (Å²) in [5, 5.41) is 3.15. The Bertz CT molecular complexity index is 664. The van der Waals surface area contributed by atoms with Gasteiger partial charge in [0.05, 0.1) is 10.6 Å². The molecule has 1 aliphatic rings. The van der Waals surface area contributed by atoms with Crippen molar-refractivity contribution >= 4 is 26.3 Å². The molecule has 3 unspecified atom stereocenters. The van der Waals surface area contributed by atoms with Gasteiger partial charge in [0.15, 0.2) is 0 Å². The second-order valence-corrected chi connectivity index (χ2v) is 9.49. The fourth-order valence-electron chi connectivity index (χ4n) is 2.90. The molecule has 1 aromatic rings. The van der Waals surface area contributed by atoms with Gasteiger partial charge in [0.2, 0.25) is 9.84 Å². The number of benzene rings is 1. The van der Waals surface area contributed by atoms with Gasteiger partial charge in [0, 0.05) is 27.8 Å². The zero-order valence-corrected chi connectivity index (χ0v) is 14.5. The molecule has 0 amide bonds. The molecule has 130 valence electrons. The average Bonchev–Trinajstić information content (AvgIpc) is 2.54. The number of nitrogens with one attached hydrogen (secondary N) is 1. The second kappa shape index (κ2) is 7.70. The van der Waals surface area contributed by atoms with E-state index in [1.165, 1.54) is 18.2 Å².